The van der Waals surface area contributed by atoms with E-state index in [2.05, 4.69) is 12.2 Å². The maximum atomic E-state index is 11.5. The van der Waals surface area contributed by atoms with Crippen molar-refractivity contribution in [2.24, 2.45) is 5.73 Å². The molecule has 0 aliphatic carbocycles. The molecule has 0 aromatic rings. The van der Waals surface area contributed by atoms with E-state index < -0.39 is 10.2 Å². The predicted octanol–water partition coefficient (Wildman–Crippen LogP) is -0.845. The van der Waals surface area contributed by atoms with Crippen LogP contribution in [0.2, 0.25) is 0 Å². The first-order chi connectivity index (χ1) is 5.94. The highest BCUT2D eigenvalue weighted by Crippen LogP contribution is 2.13. The third-order valence-corrected chi connectivity index (χ3v) is 4.18. The fraction of sp³-hybridized carbons (Fsp3) is 0.833. The van der Waals surface area contributed by atoms with Crippen LogP contribution in [0.25, 0.3) is 0 Å². The zero-order chi connectivity index (χ0) is 10.1. The maximum Gasteiger partial charge on any atom is 0.281 e. The first kappa shape index (κ1) is 10.8. The number of hydrogen-bond acceptors (Lipinski definition) is 3. The average Bonchev–Trinajstić information content (AvgIpc) is 2.25. The molecule has 0 unspecified atom stereocenters. The Hall–Kier alpha value is -0.240. The summed E-state index contributed by atoms with van der Waals surface area (Å²) in [4.78, 5) is 0.352. The van der Waals surface area contributed by atoms with Crippen LogP contribution >= 0.6 is 12.2 Å². The Morgan fingerprint density at radius 2 is 2.15 bits per heavy atom. The molecule has 5 nitrogen and oxygen atoms in total. The van der Waals surface area contributed by atoms with Crippen molar-refractivity contribution in [1.82, 2.24) is 8.61 Å². The van der Waals surface area contributed by atoms with E-state index in [4.69, 9.17) is 5.73 Å². The SMILES string of the molecule is CN1CCN(CCC(N)=S)S1(=O)=O. The summed E-state index contributed by atoms with van der Waals surface area (Å²) in [5.74, 6) is 0. The number of likely N-dealkylation sites (N-methyl/N-ethyl adjacent to an activating group) is 1. The van der Waals surface area contributed by atoms with Crippen molar-refractivity contribution in [3.05, 3.63) is 0 Å². The third kappa shape index (κ3) is 2.37. The molecule has 0 aromatic carbocycles. The average molecular weight is 223 g/mol. The summed E-state index contributed by atoms with van der Waals surface area (Å²) in [6.07, 6.45) is 0.447. The quantitative estimate of drug-likeness (QED) is 0.633. The van der Waals surface area contributed by atoms with Gasteiger partial charge in [-0.2, -0.15) is 17.0 Å². The van der Waals surface area contributed by atoms with Gasteiger partial charge in [0.1, 0.15) is 0 Å². The zero-order valence-electron chi connectivity index (χ0n) is 7.43. The van der Waals surface area contributed by atoms with Crippen LogP contribution in [-0.2, 0) is 10.2 Å². The molecule has 1 rings (SSSR count). The Kier molecular flexibility index (Phi) is 3.23. The van der Waals surface area contributed by atoms with Gasteiger partial charge in [0.25, 0.3) is 10.2 Å². The number of nitrogens with zero attached hydrogens (tertiary/aromatic N) is 2. The normalized spacial score (nSPS) is 23.5. The first-order valence-corrected chi connectivity index (χ1v) is 5.75. The highest BCUT2D eigenvalue weighted by molar-refractivity contribution is 7.87. The van der Waals surface area contributed by atoms with Crippen molar-refractivity contribution in [2.45, 2.75) is 6.42 Å². The van der Waals surface area contributed by atoms with Crippen LogP contribution in [0.4, 0.5) is 0 Å². The molecule has 0 spiro atoms. The Morgan fingerprint density at radius 3 is 2.54 bits per heavy atom. The zero-order valence-corrected chi connectivity index (χ0v) is 9.07. The molecule has 0 amide bonds. The minimum absolute atomic E-state index is 0.352. The largest absolute Gasteiger partial charge is 0.393 e. The van der Waals surface area contributed by atoms with Crippen molar-refractivity contribution in [3.63, 3.8) is 0 Å². The van der Waals surface area contributed by atoms with Crippen molar-refractivity contribution in [1.29, 1.82) is 0 Å². The molecule has 76 valence electrons. The van der Waals surface area contributed by atoms with Gasteiger partial charge in [-0.3, -0.25) is 0 Å². The van der Waals surface area contributed by atoms with E-state index in [0.717, 1.165) is 0 Å². The second-order valence-electron chi connectivity index (χ2n) is 2.94. The predicted molar refractivity (Wildman–Crippen MR) is 54.5 cm³/mol. The number of hydrogen-bond donors (Lipinski definition) is 1. The van der Waals surface area contributed by atoms with Gasteiger partial charge >= 0.3 is 0 Å². The summed E-state index contributed by atoms with van der Waals surface area (Å²) in [6.45, 7) is 1.46. The lowest BCUT2D eigenvalue weighted by Crippen LogP contribution is -2.33. The van der Waals surface area contributed by atoms with Gasteiger partial charge in [0, 0.05) is 33.1 Å². The van der Waals surface area contributed by atoms with Crippen LogP contribution in [0.5, 0.6) is 0 Å². The highest BCUT2D eigenvalue weighted by atomic mass is 32.2. The van der Waals surface area contributed by atoms with E-state index in [1.807, 2.05) is 0 Å². The van der Waals surface area contributed by atoms with Crippen LogP contribution in [0.3, 0.4) is 0 Å². The van der Waals surface area contributed by atoms with Crippen LogP contribution in [0.1, 0.15) is 6.42 Å². The molecule has 2 N–H and O–H groups in total. The number of thiocarbonyl (C=S) groups is 1. The van der Waals surface area contributed by atoms with Gasteiger partial charge in [-0.1, -0.05) is 12.2 Å². The standard InChI is InChI=1S/C6H13N3O2S2/c1-8-4-5-9(13(8,10)11)3-2-6(7)12/h2-5H2,1H3,(H2,7,12). The monoisotopic (exact) mass is 223 g/mol. The summed E-state index contributed by atoms with van der Waals surface area (Å²) >= 11 is 4.68. The Bertz CT molecular complexity index is 301. The molecule has 1 fully saturated rings. The molecule has 0 aromatic heterocycles. The minimum Gasteiger partial charge on any atom is -0.393 e. The summed E-state index contributed by atoms with van der Waals surface area (Å²) in [6, 6.07) is 0. The lowest BCUT2D eigenvalue weighted by atomic mass is 10.4. The molecule has 1 aliphatic rings. The Balaban J connectivity index is 2.58. The Labute approximate surface area is 83.7 Å². The maximum absolute atomic E-state index is 11.5. The third-order valence-electron chi connectivity index (χ3n) is 1.99. The molecule has 7 heteroatoms. The number of nitrogens with two attached hydrogens (primary N) is 1. The van der Waals surface area contributed by atoms with E-state index in [0.29, 0.717) is 31.0 Å². The van der Waals surface area contributed by atoms with Gasteiger partial charge in [-0.15, -0.1) is 0 Å². The summed E-state index contributed by atoms with van der Waals surface area (Å²) in [7, 11) is -1.64. The Morgan fingerprint density at radius 1 is 1.54 bits per heavy atom. The molecule has 0 atom stereocenters. The van der Waals surface area contributed by atoms with Gasteiger partial charge in [0.2, 0.25) is 0 Å². The van der Waals surface area contributed by atoms with E-state index in [9.17, 15) is 8.42 Å². The van der Waals surface area contributed by atoms with Crippen LogP contribution in [0, 0.1) is 0 Å². The fourth-order valence-corrected chi connectivity index (χ4v) is 2.57. The lowest BCUT2D eigenvalue weighted by Gasteiger charge is -2.14. The number of rotatable bonds is 3. The summed E-state index contributed by atoms with van der Waals surface area (Å²) in [5, 5.41) is 0. The molecular weight excluding hydrogens is 210 g/mol. The molecule has 0 radical (unpaired) electrons. The van der Waals surface area contributed by atoms with Gasteiger partial charge in [0.15, 0.2) is 0 Å². The van der Waals surface area contributed by atoms with Gasteiger partial charge in [-0.05, 0) is 0 Å². The van der Waals surface area contributed by atoms with Gasteiger partial charge in [-0.25, -0.2) is 0 Å². The van der Waals surface area contributed by atoms with Crippen molar-refractivity contribution in [3.8, 4) is 0 Å². The molecule has 0 saturated carbocycles. The van der Waals surface area contributed by atoms with E-state index >= 15 is 0 Å². The highest BCUT2D eigenvalue weighted by Gasteiger charge is 2.32. The molecule has 13 heavy (non-hydrogen) atoms. The molecule has 0 bridgehead atoms. The smallest absolute Gasteiger partial charge is 0.281 e. The van der Waals surface area contributed by atoms with Crippen LogP contribution in [-0.4, -0.2) is 48.7 Å². The molecular formula is C6H13N3O2S2. The van der Waals surface area contributed by atoms with E-state index in [1.165, 1.54) is 8.61 Å². The van der Waals surface area contributed by atoms with Crippen molar-refractivity contribution >= 4 is 27.4 Å². The molecule has 1 heterocycles. The van der Waals surface area contributed by atoms with E-state index in [1.54, 1.807) is 7.05 Å². The second-order valence-corrected chi connectivity index (χ2v) is 5.50. The van der Waals surface area contributed by atoms with Gasteiger partial charge in [0.05, 0.1) is 4.99 Å². The molecule has 1 saturated heterocycles. The second kappa shape index (κ2) is 3.87. The summed E-state index contributed by atoms with van der Waals surface area (Å²) < 4.78 is 25.7. The van der Waals surface area contributed by atoms with Crippen LogP contribution < -0.4 is 5.73 Å². The summed E-state index contributed by atoms with van der Waals surface area (Å²) in [5.41, 5.74) is 5.29. The molecule has 1 aliphatic heterocycles. The van der Waals surface area contributed by atoms with E-state index in [-0.39, 0.29) is 0 Å². The van der Waals surface area contributed by atoms with Crippen LogP contribution in [0.15, 0.2) is 0 Å². The lowest BCUT2D eigenvalue weighted by molar-refractivity contribution is 0.458. The van der Waals surface area contributed by atoms with Crippen molar-refractivity contribution in [2.75, 3.05) is 26.7 Å². The van der Waals surface area contributed by atoms with Gasteiger partial charge < -0.3 is 5.73 Å². The fourth-order valence-electron chi connectivity index (χ4n) is 1.14. The van der Waals surface area contributed by atoms with Crippen molar-refractivity contribution < 1.29 is 8.42 Å². The minimum atomic E-state index is -3.21. The topological polar surface area (TPSA) is 66.6 Å². The first-order valence-electron chi connectivity index (χ1n) is 3.94.